The van der Waals surface area contributed by atoms with Gasteiger partial charge < -0.3 is 4.90 Å². The van der Waals surface area contributed by atoms with E-state index in [-0.39, 0.29) is 11.9 Å². The Labute approximate surface area is 141 Å². The Morgan fingerprint density at radius 2 is 1.58 bits per heavy atom. The summed E-state index contributed by atoms with van der Waals surface area (Å²) in [5.74, 6) is 0.241. The second-order valence-corrected chi connectivity index (χ2v) is 7.53. The topological polar surface area (TPSA) is 53.8 Å². The molecular weight excluding hydrogens is 304 g/mol. The minimum absolute atomic E-state index is 0.0500. The zero-order valence-electron chi connectivity index (χ0n) is 13.6. The lowest BCUT2D eigenvalue weighted by Gasteiger charge is -2.62. The first-order chi connectivity index (χ1) is 11.7. The van der Waals surface area contributed by atoms with E-state index < -0.39 is 0 Å². The van der Waals surface area contributed by atoms with Crippen molar-refractivity contribution in [2.45, 2.75) is 12.5 Å². The molecule has 5 fully saturated rings. The summed E-state index contributed by atoms with van der Waals surface area (Å²) in [5.41, 5.74) is 1.54. The fourth-order valence-electron chi connectivity index (χ4n) is 5.02. The number of hydrogen-bond donors (Lipinski definition) is 0. The van der Waals surface area contributed by atoms with Gasteiger partial charge in [-0.25, -0.2) is 14.7 Å². The summed E-state index contributed by atoms with van der Waals surface area (Å²) in [7, 11) is 0. The number of quaternary nitrogens is 1. The number of carbonyl (C=O) groups is 1. The summed E-state index contributed by atoms with van der Waals surface area (Å²) in [6, 6.07) is 9.54. The molecule has 0 radical (unpaired) electrons. The van der Waals surface area contributed by atoms with Crippen LogP contribution in [0.25, 0.3) is 0 Å². The van der Waals surface area contributed by atoms with Crippen molar-refractivity contribution in [3.05, 3.63) is 29.8 Å². The number of nitriles is 1. The monoisotopic (exact) mass is 325 g/mol. The van der Waals surface area contributed by atoms with Gasteiger partial charge in [-0.2, -0.15) is 5.26 Å². The summed E-state index contributed by atoms with van der Waals surface area (Å²) in [4.78, 5) is 22.4. The van der Waals surface area contributed by atoms with Crippen LogP contribution in [0.1, 0.15) is 12.0 Å². The van der Waals surface area contributed by atoms with Crippen LogP contribution in [0.4, 0.5) is 5.69 Å². The van der Waals surface area contributed by atoms with E-state index in [1.165, 1.54) is 0 Å². The zero-order chi connectivity index (χ0) is 16.3. The highest BCUT2D eigenvalue weighted by molar-refractivity contribution is 5.98. The zero-order valence-corrected chi connectivity index (χ0v) is 13.6. The van der Waals surface area contributed by atoms with Crippen molar-refractivity contribution in [2.24, 2.45) is 0 Å². The van der Waals surface area contributed by atoms with Gasteiger partial charge in [0.05, 0.1) is 31.6 Å². The molecule has 7 nitrogen and oxygen atoms in total. The highest BCUT2D eigenvalue weighted by Gasteiger charge is 2.56. The van der Waals surface area contributed by atoms with Crippen molar-refractivity contribution in [2.75, 3.05) is 51.5 Å². The predicted octanol–water partition coefficient (Wildman–Crippen LogP) is 0.172. The number of nitrogens with zero attached hydrogens (tertiary/aromatic N) is 6. The smallest absolute Gasteiger partial charge is 0.285 e. The van der Waals surface area contributed by atoms with Crippen LogP contribution < -0.4 is 4.90 Å². The number of amides is 1. The van der Waals surface area contributed by atoms with Crippen molar-refractivity contribution in [3.63, 3.8) is 0 Å². The number of carbonyl (C=O) groups excluding carboxylic acids is 1. The molecule has 1 unspecified atom stereocenters. The lowest BCUT2D eigenvalue weighted by atomic mass is 10.1. The van der Waals surface area contributed by atoms with Crippen LogP contribution in [0.2, 0.25) is 0 Å². The maximum atomic E-state index is 13.2. The standard InChI is InChI=1S/C17H21N6O/c18-7-14-1-3-15(4-2-14)22-6-5-16(17(22)24)23-11-19-8-20(12-23)10-21(9-19)13-23/h1-4,16H,5-6,8-13H2/q+1. The summed E-state index contributed by atoms with van der Waals surface area (Å²) in [5, 5.41) is 8.94. The molecule has 0 N–H and O–H groups in total. The van der Waals surface area contributed by atoms with E-state index in [2.05, 4.69) is 20.8 Å². The van der Waals surface area contributed by atoms with Crippen molar-refractivity contribution >= 4 is 11.6 Å². The van der Waals surface area contributed by atoms with E-state index >= 15 is 0 Å². The molecule has 0 aromatic heterocycles. The molecule has 1 atom stereocenters. The van der Waals surface area contributed by atoms with E-state index in [1.54, 1.807) is 12.1 Å². The third kappa shape index (κ3) is 2.01. The van der Waals surface area contributed by atoms with Gasteiger partial charge in [-0.05, 0) is 24.3 Å². The summed E-state index contributed by atoms with van der Waals surface area (Å²) >= 11 is 0. The molecule has 5 aliphatic heterocycles. The maximum Gasteiger partial charge on any atom is 0.285 e. The van der Waals surface area contributed by atoms with Crippen molar-refractivity contribution in [3.8, 4) is 6.07 Å². The minimum atomic E-state index is 0.0500. The van der Waals surface area contributed by atoms with Gasteiger partial charge in [0.15, 0.2) is 6.04 Å². The molecule has 124 valence electrons. The first kappa shape index (κ1) is 14.4. The van der Waals surface area contributed by atoms with Crippen molar-refractivity contribution in [1.29, 1.82) is 5.26 Å². The highest BCUT2D eigenvalue weighted by Crippen LogP contribution is 2.36. The largest absolute Gasteiger partial charge is 0.307 e. The normalized spacial score (nSPS) is 40.1. The van der Waals surface area contributed by atoms with Crippen molar-refractivity contribution < 1.29 is 9.28 Å². The van der Waals surface area contributed by atoms with Gasteiger partial charge in [-0.3, -0.25) is 9.28 Å². The first-order valence-corrected chi connectivity index (χ1v) is 8.51. The van der Waals surface area contributed by atoms with E-state index in [1.807, 2.05) is 17.0 Å². The number of hydrogen-bond acceptors (Lipinski definition) is 5. The number of benzene rings is 1. The summed E-state index contributed by atoms with van der Waals surface area (Å²) in [6.07, 6.45) is 0.911. The quantitative estimate of drug-likeness (QED) is 0.726. The van der Waals surface area contributed by atoms with E-state index in [0.29, 0.717) is 5.56 Å². The molecule has 0 saturated carbocycles. The molecule has 6 rings (SSSR count). The van der Waals surface area contributed by atoms with Crippen molar-refractivity contribution in [1.82, 2.24) is 14.7 Å². The van der Waals surface area contributed by atoms with Crippen LogP contribution in [0.15, 0.2) is 24.3 Å². The average Bonchev–Trinajstić information content (AvgIpc) is 2.96. The molecule has 1 aromatic rings. The van der Waals surface area contributed by atoms with E-state index in [9.17, 15) is 4.79 Å². The molecule has 24 heavy (non-hydrogen) atoms. The van der Waals surface area contributed by atoms with Crippen LogP contribution >= 0.6 is 0 Å². The third-order valence-electron chi connectivity index (χ3n) is 5.79. The predicted molar refractivity (Wildman–Crippen MR) is 86.9 cm³/mol. The molecular formula is C17H21N6O+. The SMILES string of the molecule is N#Cc1ccc(N2CCC([N+]34CN5CN(CN(C5)C3)C4)C2=O)cc1. The lowest BCUT2D eigenvalue weighted by molar-refractivity contribution is -0.992. The first-order valence-electron chi connectivity index (χ1n) is 8.51. The van der Waals surface area contributed by atoms with Crippen LogP contribution in [0.3, 0.4) is 0 Å². The van der Waals surface area contributed by atoms with Crippen LogP contribution in [-0.4, -0.2) is 77.7 Å². The average molecular weight is 325 g/mol. The van der Waals surface area contributed by atoms with Gasteiger partial charge >= 0.3 is 0 Å². The fraction of sp³-hybridized carbons (Fsp3) is 0.529. The second kappa shape index (κ2) is 5.01. The molecule has 5 heterocycles. The lowest BCUT2D eigenvalue weighted by Crippen LogP contribution is -2.82. The molecule has 0 aliphatic carbocycles. The Bertz CT molecular complexity index is 688. The Kier molecular flexibility index (Phi) is 3.00. The minimum Gasteiger partial charge on any atom is -0.307 e. The van der Waals surface area contributed by atoms with Gasteiger partial charge in [0.1, 0.15) is 20.0 Å². The molecule has 5 saturated heterocycles. The van der Waals surface area contributed by atoms with Gasteiger partial charge in [0.25, 0.3) is 5.91 Å². The Hall–Kier alpha value is -1.98. The maximum absolute atomic E-state index is 13.2. The third-order valence-corrected chi connectivity index (χ3v) is 5.79. The summed E-state index contributed by atoms with van der Waals surface area (Å²) in [6.45, 7) is 6.86. The second-order valence-electron chi connectivity index (χ2n) is 7.53. The summed E-state index contributed by atoms with van der Waals surface area (Å²) < 4.78 is 0.867. The van der Waals surface area contributed by atoms with Gasteiger partial charge in [0.2, 0.25) is 0 Å². The van der Waals surface area contributed by atoms with E-state index in [0.717, 1.165) is 63.1 Å². The van der Waals surface area contributed by atoms with Gasteiger partial charge in [0, 0.05) is 18.7 Å². The molecule has 4 bridgehead atoms. The Morgan fingerprint density at radius 1 is 1.00 bits per heavy atom. The van der Waals surface area contributed by atoms with Gasteiger partial charge in [-0.1, -0.05) is 0 Å². The molecule has 5 aliphatic rings. The Morgan fingerprint density at radius 3 is 2.12 bits per heavy atom. The van der Waals surface area contributed by atoms with E-state index in [4.69, 9.17) is 5.26 Å². The molecule has 0 spiro atoms. The van der Waals surface area contributed by atoms with Crippen LogP contribution in [0.5, 0.6) is 0 Å². The van der Waals surface area contributed by atoms with Crippen LogP contribution in [0, 0.1) is 11.3 Å². The Balaban J connectivity index is 1.41. The molecule has 1 amide bonds. The highest BCUT2D eigenvalue weighted by atomic mass is 16.2. The number of rotatable bonds is 2. The number of anilines is 1. The fourth-order valence-corrected chi connectivity index (χ4v) is 5.02. The van der Waals surface area contributed by atoms with Gasteiger partial charge in [-0.15, -0.1) is 0 Å². The van der Waals surface area contributed by atoms with Crippen LogP contribution in [-0.2, 0) is 4.79 Å². The molecule has 7 heteroatoms. The molecule has 1 aromatic carbocycles.